The van der Waals surface area contributed by atoms with Crippen molar-refractivity contribution in [3.63, 3.8) is 0 Å². The number of nitrogens with zero attached hydrogens (tertiary/aromatic N) is 2. The Kier molecular flexibility index (Phi) is 5.40. The summed E-state index contributed by atoms with van der Waals surface area (Å²) >= 11 is 0. The van der Waals surface area contributed by atoms with Crippen LogP contribution in [0.4, 0.5) is 5.82 Å². The normalized spacial score (nSPS) is 16.4. The van der Waals surface area contributed by atoms with Gasteiger partial charge >= 0.3 is 0 Å². The third kappa shape index (κ3) is 3.99. The lowest BCUT2D eigenvalue weighted by Gasteiger charge is -2.15. The number of likely N-dealkylation sites (N-methyl/N-ethyl adjacent to an activating group) is 1. The smallest absolute Gasteiger partial charge is 0.246 e. The van der Waals surface area contributed by atoms with Crippen molar-refractivity contribution in [2.24, 2.45) is 5.92 Å². The number of carbonyl (C=O) groups is 2. The summed E-state index contributed by atoms with van der Waals surface area (Å²) in [5, 5.41) is 3.90. The number of pyridine rings is 1. The summed E-state index contributed by atoms with van der Waals surface area (Å²) in [6.45, 7) is 4.31. The highest BCUT2D eigenvalue weighted by atomic mass is 16.3. The van der Waals surface area contributed by atoms with Crippen LogP contribution in [-0.4, -0.2) is 28.7 Å². The highest BCUT2D eigenvalue weighted by molar-refractivity contribution is 5.94. The summed E-state index contributed by atoms with van der Waals surface area (Å²) < 4.78 is 5.79. The van der Waals surface area contributed by atoms with Crippen molar-refractivity contribution in [2.45, 2.75) is 33.2 Å². The molecule has 3 aromatic rings. The van der Waals surface area contributed by atoms with Crippen molar-refractivity contribution >= 4 is 34.7 Å². The fraction of sp³-hybridized carbons (Fsp3) is 0.292. The lowest BCUT2D eigenvalue weighted by molar-refractivity contribution is -0.125. The molecular weight excluding hydrogens is 378 g/mol. The van der Waals surface area contributed by atoms with Crippen LogP contribution in [0.3, 0.4) is 0 Å². The minimum absolute atomic E-state index is 0.00316. The van der Waals surface area contributed by atoms with Crippen molar-refractivity contribution < 1.29 is 14.0 Å². The third-order valence-electron chi connectivity index (χ3n) is 5.61. The molecule has 1 aromatic carbocycles. The maximum absolute atomic E-state index is 12.7. The first-order chi connectivity index (χ1) is 14.4. The second-order valence-corrected chi connectivity index (χ2v) is 7.87. The molecular formula is C24H25N3O3. The largest absolute Gasteiger partial charge is 0.461 e. The fourth-order valence-corrected chi connectivity index (χ4v) is 3.69. The van der Waals surface area contributed by atoms with E-state index in [0.717, 1.165) is 46.3 Å². The van der Waals surface area contributed by atoms with Crippen LogP contribution >= 0.6 is 0 Å². The van der Waals surface area contributed by atoms with E-state index in [1.54, 1.807) is 30.3 Å². The Bertz CT molecular complexity index is 1150. The van der Waals surface area contributed by atoms with Gasteiger partial charge in [-0.2, -0.15) is 0 Å². The Morgan fingerprint density at radius 1 is 1.37 bits per heavy atom. The van der Waals surface area contributed by atoms with Gasteiger partial charge in [-0.1, -0.05) is 25.1 Å². The average molecular weight is 403 g/mol. The molecule has 0 spiro atoms. The Hall–Kier alpha value is -3.41. The van der Waals surface area contributed by atoms with Crippen LogP contribution < -0.4 is 5.32 Å². The van der Waals surface area contributed by atoms with Crippen LogP contribution in [0.15, 0.2) is 47.0 Å². The molecule has 0 bridgehead atoms. The number of aryl methyl sites for hydroxylation is 2. The van der Waals surface area contributed by atoms with E-state index in [0.29, 0.717) is 12.4 Å². The highest BCUT2D eigenvalue weighted by Crippen LogP contribution is 2.26. The number of amides is 2. The molecule has 3 heterocycles. The fourth-order valence-electron chi connectivity index (χ4n) is 3.69. The summed E-state index contributed by atoms with van der Waals surface area (Å²) in [7, 11) is 1.78. The topological polar surface area (TPSA) is 75.4 Å². The van der Waals surface area contributed by atoms with Gasteiger partial charge in [0.25, 0.3) is 0 Å². The first-order valence-corrected chi connectivity index (χ1v) is 10.1. The molecule has 6 nitrogen and oxygen atoms in total. The van der Waals surface area contributed by atoms with Gasteiger partial charge < -0.3 is 14.6 Å². The van der Waals surface area contributed by atoms with Crippen molar-refractivity contribution in [3.8, 4) is 0 Å². The Morgan fingerprint density at radius 2 is 2.17 bits per heavy atom. The number of carbonyl (C=O) groups excluding carboxylic acids is 2. The molecule has 2 aromatic heterocycles. The van der Waals surface area contributed by atoms with Gasteiger partial charge in [0, 0.05) is 42.7 Å². The molecule has 0 aliphatic carbocycles. The van der Waals surface area contributed by atoms with E-state index >= 15 is 0 Å². The van der Waals surface area contributed by atoms with E-state index in [2.05, 4.69) is 10.3 Å². The lowest BCUT2D eigenvalue weighted by atomic mass is 10.0. The molecule has 1 atom stereocenters. The van der Waals surface area contributed by atoms with Crippen LogP contribution in [-0.2, 0) is 22.6 Å². The number of anilines is 1. The number of aromatic nitrogens is 1. The summed E-state index contributed by atoms with van der Waals surface area (Å²) in [5.74, 6) is 1.31. The van der Waals surface area contributed by atoms with Crippen LogP contribution in [0.2, 0.25) is 0 Å². The van der Waals surface area contributed by atoms with Gasteiger partial charge in [0.15, 0.2) is 0 Å². The van der Waals surface area contributed by atoms with Gasteiger partial charge in [-0.3, -0.25) is 9.59 Å². The molecule has 154 valence electrons. The molecule has 0 fully saturated rings. The molecule has 1 aliphatic rings. The van der Waals surface area contributed by atoms with Crippen LogP contribution in [0, 0.1) is 12.8 Å². The molecule has 1 N–H and O–H groups in total. The van der Waals surface area contributed by atoms with E-state index < -0.39 is 0 Å². The average Bonchev–Trinajstić information content (AvgIpc) is 2.98. The number of hydrogen-bond donors (Lipinski definition) is 1. The molecule has 0 radical (unpaired) electrons. The molecule has 30 heavy (non-hydrogen) atoms. The van der Waals surface area contributed by atoms with Gasteiger partial charge in [-0.15, -0.1) is 0 Å². The number of hydrogen-bond acceptors (Lipinski definition) is 4. The standard InChI is InChI=1S/C24H25N3O3/c1-15-8-10-18-12-17(13-25-23(18)26-24(15)29)9-11-22(28)27(3)14-20-16(2)30-21-7-5-4-6-19(20)21/h4-7,9,11-13,15H,8,10,14H2,1-3H3,(H,25,26,29)/b11-9+/t15-/m0/s1. The van der Waals surface area contributed by atoms with Crippen LogP contribution in [0.1, 0.15) is 35.8 Å². The predicted molar refractivity (Wildman–Crippen MR) is 117 cm³/mol. The summed E-state index contributed by atoms with van der Waals surface area (Å²) in [6.07, 6.45) is 6.56. The van der Waals surface area contributed by atoms with E-state index in [4.69, 9.17) is 4.42 Å². The van der Waals surface area contributed by atoms with Gasteiger partial charge in [-0.25, -0.2) is 4.98 Å². The Labute approximate surface area is 175 Å². The number of fused-ring (bicyclic) bond motifs is 2. The Balaban J connectivity index is 1.47. The van der Waals surface area contributed by atoms with E-state index in [-0.39, 0.29) is 17.7 Å². The monoisotopic (exact) mass is 403 g/mol. The van der Waals surface area contributed by atoms with E-state index in [1.165, 1.54) is 0 Å². The first kappa shape index (κ1) is 19.9. The van der Waals surface area contributed by atoms with Gasteiger partial charge in [-0.05, 0) is 49.1 Å². The van der Waals surface area contributed by atoms with Crippen molar-refractivity contribution in [3.05, 3.63) is 65.1 Å². The molecule has 2 amide bonds. The number of furan rings is 1. The molecule has 0 saturated carbocycles. The van der Waals surface area contributed by atoms with Crippen LogP contribution in [0.25, 0.3) is 17.0 Å². The second-order valence-electron chi connectivity index (χ2n) is 7.87. The van der Waals surface area contributed by atoms with E-state index in [9.17, 15) is 9.59 Å². The maximum atomic E-state index is 12.7. The molecule has 0 unspecified atom stereocenters. The van der Waals surface area contributed by atoms with Gasteiger partial charge in [0.05, 0.1) is 0 Å². The summed E-state index contributed by atoms with van der Waals surface area (Å²) in [6, 6.07) is 9.83. The SMILES string of the molecule is Cc1oc2ccccc2c1CN(C)C(=O)/C=C/c1cnc2c(c1)CC[C@H](C)C(=O)N2. The highest BCUT2D eigenvalue weighted by Gasteiger charge is 2.20. The second kappa shape index (κ2) is 8.14. The number of benzene rings is 1. The minimum atomic E-state index is -0.100. The Morgan fingerprint density at radius 3 is 3.00 bits per heavy atom. The summed E-state index contributed by atoms with van der Waals surface area (Å²) in [5.41, 5.74) is 3.69. The lowest BCUT2D eigenvalue weighted by Crippen LogP contribution is -2.24. The number of para-hydroxylation sites is 1. The third-order valence-corrected chi connectivity index (χ3v) is 5.61. The van der Waals surface area contributed by atoms with E-state index in [1.807, 2.05) is 44.2 Å². The predicted octanol–water partition coefficient (Wildman–Crippen LogP) is 4.33. The molecule has 1 aliphatic heterocycles. The molecule has 0 saturated heterocycles. The molecule has 6 heteroatoms. The first-order valence-electron chi connectivity index (χ1n) is 10.1. The van der Waals surface area contributed by atoms with Crippen molar-refractivity contribution in [1.29, 1.82) is 0 Å². The van der Waals surface area contributed by atoms with Crippen molar-refractivity contribution in [2.75, 3.05) is 12.4 Å². The zero-order valence-electron chi connectivity index (χ0n) is 17.4. The number of nitrogens with one attached hydrogen (secondary N) is 1. The van der Waals surface area contributed by atoms with Crippen LogP contribution in [0.5, 0.6) is 0 Å². The maximum Gasteiger partial charge on any atom is 0.246 e. The summed E-state index contributed by atoms with van der Waals surface area (Å²) in [4.78, 5) is 30.7. The molecule has 4 rings (SSSR count). The van der Waals surface area contributed by atoms with Crippen molar-refractivity contribution in [1.82, 2.24) is 9.88 Å². The number of rotatable bonds is 4. The van der Waals surface area contributed by atoms with Gasteiger partial charge in [0.1, 0.15) is 17.2 Å². The zero-order valence-corrected chi connectivity index (χ0v) is 17.4. The zero-order chi connectivity index (χ0) is 21.3. The minimum Gasteiger partial charge on any atom is -0.461 e. The quantitative estimate of drug-likeness (QED) is 0.658. The van der Waals surface area contributed by atoms with Gasteiger partial charge in [0.2, 0.25) is 11.8 Å².